The summed E-state index contributed by atoms with van der Waals surface area (Å²) in [5.41, 5.74) is 1.91. The number of benzene rings is 2. The summed E-state index contributed by atoms with van der Waals surface area (Å²) in [5.74, 6) is -1.59. The highest BCUT2D eigenvalue weighted by atomic mass is 16.5. The molecular formula is C39H65NO3. The number of carboxylic acids is 1. The van der Waals surface area contributed by atoms with E-state index in [1.54, 1.807) is 7.11 Å². The molecule has 2 unspecified atom stereocenters. The molecule has 0 spiro atoms. The molecule has 0 aromatic heterocycles. The summed E-state index contributed by atoms with van der Waals surface area (Å²) in [4.78, 5) is 13.4. The van der Waals surface area contributed by atoms with Gasteiger partial charge in [-0.1, -0.05) is 134 Å². The Morgan fingerprint density at radius 1 is 0.721 bits per heavy atom. The second-order valence-electron chi connectivity index (χ2n) is 13.3. The zero-order valence-corrected chi connectivity index (χ0v) is 28.6. The number of aliphatic carboxylic acids is 1. The van der Waals surface area contributed by atoms with Gasteiger partial charge in [0.1, 0.15) is 6.04 Å². The van der Waals surface area contributed by atoms with Crippen LogP contribution in [-0.4, -0.2) is 43.7 Å². The van der Waals surface area contributed by atoms with Crippen LogP contribution in [0.1, 0.15) is 153 Å². The number of carbonyl (C=O) groups excluding carboxylic acids is 1. The van der Waals surface area contributed by atoms with Crippen LogP contribution in [0.5, 0.6) is 0 Å². The maximum Gasteiger partial charge on any atom is 0.101 e. The maximum atomic E-state index is 13.4. The van der Waals surface area contributed by atoms with Crippen LogP contribution in [0.2, 0.25) is 0 Å². The van der Waals surface area contributed by atoms with Crippen LogP contribution in [0.25, 0.3) is 10.8 Å². The quantitative estimate of drug-likeness (QED) is 0.0803. The normalized spacial score (nSPS) is 13.4. The van der Waals surface area contributed by atoms with Gasteiger partial charge < -0.3 is 19.1 Å². The fourth-order valence-corrected chi connectivity index (χ4v) is 7.19. The van der Waals surface area contributed by atoms with E-state index in [9.17, 15) is 9.90 Å². The molecule has 2 rings (SSSR count). The Labute approximate surface area is 265 Å². The van der Waals surface area contributed by atoms with Gasteiger partial charge in [0, 0.05) is 13.5 Å². The van der Waals surface area contributed by atoms with Crippen molar-refractivity contribution in [2.45, 2.75) is 155 Å². The summed E-state index contributed by atoms with van der Waals surface area (Å²) in [5, 5.41) is 15.6. The van der Waals surface area contributed by atoms with Gasteiger partial charge in [0.2, 0.25) is 0 Å². The Morgan fingerprint density at radius 3 is 1.77 bits per heavy atom. The van der Waals surface area contributed by atoms with Gasteiger partial charge in [-0.2, -0.15) is 0 Å². The number of rotatable bonds is 26. The first-order chi connectivity index (χ1) is 20.9. The summed E-state index contributed by atoms with van der Waals surface area (Å²) in [7, 11) is 4.09. The SMILES string of the molecule is CCCCCCCC[N+](C)(CCCCCCCC)C(CCCCCCC)C(C(=O)[O-])c1ccc2ccccc2c1COC. The molecule has 0 radical (unpaired) electrons. The molecule has 0 amide bonds. The second-order valence-corrected chi connectivity index (χ2v) is 13.3. The van der Waals surface area contributed by atoms with E-state index in [2.05, 4.69) is 52.1 Å². The number of carboxylic acid groups (broad SMARTS) is 1. The van der Waals surface area contributed by atoms with E-state index in [1.165, 1.54) is 89.9 Å². The Morgan fingerprint density at radius 2 is 1.23 bits per heavy atom. The highest BCUT2D eigenvalue weighted by molar-refractivity contribution is 5.89. The third-order valence-corrected chi connectivity index (χ3v) is 9.79. The van der Waals surface area contributed by atoms with Gasteiger partial charge in [0.05, 0.1) is 38.6 Å². The predicted octanol–water partition coefficient (Wildman–Crippen LogP) is 9.72. The summed E-state index contributed by atoms with van der Waals surface area (Å²) in [6, 6.07) is 12.5. The molecule has 2 aromatic carbocycles. The molecule has 43 heavy (non-hydrogen) atoms. The number of likely N-dealkylation sites (N-methyl/N-ethyl adjacent to an activating group) is 1. The van der Waals surface area contributed by atoms with Crippen molar-refractivity contribution in [1.29, 1.82) is 0 Å². The minimum Gasteiger partial charge on any atom is -0.549 e. The van der Waals surface area contributed by atoms with Crippen molar-refractivity contribution in [3.63, 3.8) is 0 Å². The predicted molar refractivity (Wildman–Crippen MR) is 182 cm³/mol. The number of hydrogen-bond donors (Lipinski definition) is 0. The standard InChI is InChI=1S/C39H65NO3/c1-6-9-12-15-18-23-30-40(4,31-24-19-16-13-10-7-2)37(27-20-17-14-11-8-3)38(39(41)42)35-29-28-33-25-21-22-26-34(33)36(35)32-43-5/h21-22,25-26,28-29,37-38H,6-20,23-24,27,30-32H2,1-5H3. The van der Waals surface area contributed by atoms with Crippen molar-refractivity contribution in [1.82, 2.24) is 0 Å². The van der Waals surface area contributed by atoms with Crippen molar-refractivity contribution >= 4 is 16.7 Å². The van der Waals surface area contributed by atoms with Gasteiger partial charge in [-0.05, 0) is 54.0 Å². The first-order valence-electron chi connectivity index (χ1n) is 18.0. The first kappa shape index (κ1) is 37.3. The zero-order valence-electron chi connectivity index (χ0n) is 28.6. The third kappa shape index (κ3) is 12.5. The molecule has 4 heteroatoms. The van der Waals surface area contributed by atoms with Crippen LogP contribution in [0, 0.1) is 0 Å². The molecular weight excluding hydrogens is 530 g/mol. The number of nitrogens with zero attached hydrogens (tertiary/aromatic N) is 1. The fourth-order valence-electron chi connectivity index (χ4n) is 7.19. The van der Waals surface area contributed by atoms with Crippen molar-refractivity contribution in [3.8, 4) is 0 Å². The molecule has 0 N–H and O–H groups in total. The molecule has 4 nitrogen and oxygen atoms in total. The average molecular weight is 596 g/mol. The van der Waals surface area contributed by atoms with Gasteiger partial charge in [0.25, 0.3) is 0 Å². The van der Waals surface area contributed by atoms with Crippen LogP contribution in [0.15, 0.2) is 36.4 Å². The highest BCUT2D eigenvalue weighted by Crippen LogP contribution is 2.37. The van der Waals surface area contributed by atoms with Crippen molar-refractivity contribution in [2.75, 3.05) is 27.2 Å². The van der Waals surface area contributed by atoms with E-state index in [1.807, 2.05) is 12.1 Å². The van der Waals surface area contributed by atoms with E-state index in [0.717, 1.165) is 65.2 Å². The van der Waals surface area contributed by atoms with E-state index >= 15 is 0 Å². The number of methoxy groups -OCH3 is 1. The monoisotopic (exact) mass is 595 g/mol. The number of quaternary nitrogens is 1. The average Bonchev–Trinajstić information content (AvgIpc) is 3.00. The molecule has 2 aromatic rings. The largest absolute Gasteiger partial charge is 0.549 e. The van der Waals surface area contributed by atoms with E-state index < -0.39 is 11.9 Å². The summed E-state index contributed by atoms with van der Waals surface area (Å²) in [6.45, 7) is 9.27. The van der Waals surface area contributed by atoms with Crippen LogP contribution >= 0.6 is 0 Å². The number of unbranched alkanes of at least 4 members (excludes halogenated alkanes) is 14. The van der Waals surface area contributed by atoms with E-state index in [-0.39, 0.29) is 6.04 Å². The molecule has 0 aliphatic carbocycles. The number of hydrogen-bond acceptors (Lipinski definition) is 3. The van der Waals surface area contributed by atoms with Gasteiger partial charge in [-0.15, -0.1) is 0 Å². The molecule has 0 heterocycles. The molecule has 0 fully saturated rings. The van der Waals surface area contributed by atoms with Gasteiger partial charge in [-0.3, -0.25) is 0 Å². The van der Waals surface area contributed by atoms with Crippen molar-refractivity contribution in [3.05, 3.63) is 47.5 Å². The van der Waals surface area contributed by atoms with Crippen molar-refractivity contribution in [2.24, 2.45) is 0 Å². The maximum absolute atomic E-state index is 13.4. The Hall–Kier alpha value is -1.91. The Bertz CT molecular complexity index is 1000. The lowest BCUT2D eigenvalue weighted by atomic mass is 9.81. The molecule has 244 valence electrons. The summed E-state index contributed by atoms with van der Waals surface area (Å²) >= 11 is 0. The van der Waals surface area contributed by atoms with E-state index in [4.69, 9.17) is 4.74 Å². The smallest absolute Gasteiger partial charge is 0.101 e. The minimum atomic E-state index is -0.929. The molecule has 0 aliphatic rings. The number of carbonyl (C=O) groups is 1. The molecule has 0 saturated heterocycles. The van der Waals surface area contributed by atoms with Crippen LogP contribution in [0.4, 0.5) is 0 Å². The summed E-state index contributed by atoms with van der Waals surface area (Å²) < 4.78 is 6.53. The van der Waals surface area contributed by atoms with Gasteiger partial charge in [0.15, 0.2) is 0 Å². The highest BCUT2D eigenvalue weighted by Gasteiger charge is 2.40. The first-order valence-corrected chi connectivity index (χ1v) is 18.0. The number of fused-ring (bicyclic) bond motifs is 1. The lowest BCUT2D eigenvalue weighted by Crippen LogP contribution is -2.58. The fraction of sp³-hybridized carbons (Fsp3) is 0.718. The van der Waals surface area contributed by atoms with Gasteiger partial charge >= 0.3 is 0 Å². The molecule has 0 bridgehead atoms. The van der Waals surface area contributed by atoms with Crippen LogP contribution < -0.4 is 5.11 Å². The number of ether oxygens (including phenoxy) is 1. The Balaban J connectivity index is 2.49. The lowest BCUT2D eigenvalue weighted by molar-refractivity contribution is -0.935. The Kier molecular flexibility index (Phi) is 18.8. The van der Waals surface area contributed by atoms with E-state index in [0.29, 0.717) is 6.61 Å². The lowest BCUT2D eigenvalue weighted by Gasteiger charge is -2.46. The zero-order chi connectivity index (χ0) is 31.3. The molecule has 0 saturated carbocycles. The van der Waals surface area contributed by atoms with Crippen molar-refractivity contribution < 1.29 is 19.1 Å². The van der Waals surface area contributed by atoms with Crippen LogP contribution in [0.3, 0.4) is 0 Å². The second kappa shape index (κ2) is 21.7. The topological polar surface area (TPSA) is 49.4 Å². The third-order valence-electron chi connectivity index (χ3n) is 9.79. The molecule has 0 aliphatic heterocycles. The minimum absolute atomic E-state index is 0.0188. The molecule has 2 atom stereocenters. The summed E-state index contributed by atoms with van der Waals surface area (Å²) in [6.07, 6.45) is 21.9. The van der Waals surface area contributed by atoms with Gasteiger partial charge in [-0.25, -0.2) is 0 Å². The van der Waals surface area contributed by atoms with Crippen LogP contribution in [-0.2, 0) is 16.1 Å².